The molecular weight excluding hydrogens is 282 g/mol. The Morgan fingerprint density at radius 3 is 1.30 bits per heavy atom. The van der Waals surface area contributed by atoms with Gasteiger partial charge in [-0.2, -0.15) is 0 Å². The van der Waals surface area contributed by atoms with Gasteiger partial charge in [-0.05, 0) is 27.2 Å². The van der Waals surface area contributed by atoms with E-state index in [4.69, 9.17) is 4.74 Å². The van der Waals surface area contributed by atoms with Crippen molar-refractivity contribution in [3.8, 4) is 0 Å². The summed E-state index contributed by atoms with van der Waals surface area (Å²) in [5, 5.41) is 0. The van der Waals surface area contributed by atoms with Gasteiger partial charge < -0.3 is 9.22 Å². The topological polar surface area (TPSA) is 9.23 Å². The van der Waals surface area contributed by atoms with Crippen molar-refractivity contribution in [3.63, 3.8) is 0 Å². The summed E-state index contributed by atoms with van der Waals surface area (Å²) < 4.78 is 7.05. The van der Waals surface area contributed by atoms with Crippen molar-refractivity contribution in [2.75, 3.05) is 33.0 Å². The van der Waals surface area contributed by atoms with E-state index in [1.807, 2.05) is 0 Å². The maximum atomic E-state index is 5.94. The molecule has 0 radical (unpaired) electrons. The Labute approximate surface area is 147 Å². The van der Waals surface area contributed by atoms with Crippen LogP contribution in [0, 0.1) is 0 Å². The second-order valence-electron chi connectivity index (χ2n) is 7.22. The fourth-order valence-electron chi connectivity index (χ4n) is 3.25. The minimum absolute atomic E-state index is 0.904. The van der Waals surface area contributed by atoms with Crippen LogP contribution in [0.25, 0.3) is 0 Å². The van der Waals surface area contributed by atoms with Crippen molar-refractivity contribution in [2.24, 2.45) is 0 Å². The molecule has 2 heteroatoms. The highest BCUT2D eigenvalue weighted by Gasteiger charge is 2.20. The van der Waals surface area contributed by atoms with Gasteiger partial charge in [-0.25, -0.2) is 0 Å². The fourth-order valence-corrected chi connectivity index (χ4v) is 3.25. The third-order valence-electron chi connectivity index (χ3n) is 5.52. The third-order valence-corrected chi connectivity index (χ3v) is 5.52. The molecule has 0 amide bonds. The maximum absolute atomic E-state index is 5.94. The van der Waals surface area contributed by atoms with Crippen LogP contribution in [0.5, 0.6) is 0 Å². The van der Waals surface area contributed by atoms with Crippen LogP contribution in [-0.4, -0.2) is 37.5 Å². The Hall–Kier alpha value is -0.0800. The minimum Gasteiger partial charge on any atom is -0.332 e. The van der Waals surface area contributed by atoms with Crippen LogP contribution in [0.2, 0.25) is 0 Å². The molecule has 0 aliphatic rings. The molecule has 23 heavy (non-hydrogen) atoms. The Morgan fingerprint density at radius 2 is 0.913 bits per heavy atom. The van der Waals surface area contributed by atoms with E-state index >= 15 is 0 Å². The van der Waals surface area contributed by atoms with Crippen molar-refractivity contribution >= 4 is 0 Å². The first-order chi connectivity index (χ1) is 11.2. The van der Waals surface area contributed by atoms with E-state index in [0.717, 1.165) is 17.8 Å². The molecule has 0 unspecified atom stereocenters. The Morgan fingerprint density at radius 1 is 0.522 bits per heavy atom. The zero-order valence-electron chi connectivity index (χ0n) is 16.9. The minimum atomic E-state index is 0.904. The largest absolute Gasteiger partial charge is 0.332 e. The van der Waals surface area contributed by atoms with Crippen LogP contribution >= 0.6 is 0 Å². The number of hydrogen-bond acceptors (Lipinski definition) is 1. The highest BCUT2D eigenvalue weighted by molar-refractivity contribution is 4.48. The van der Waals surface area contributed by atoms with Gasteiger partial charge in [0.25, 0.3) is 0 Å². The smallest absolute Gasteiger partial charge is 0.183 e. The average Bonchev–Trinajstić information content (AvgIpc) is 2.59. The highest BCUT2D eigenvalue weighted by Crippen LogP contribution is 2.12. The second-order valence-corrected chi connectivity index (χ2v) is 7.22. The summed E-state index contributed by atoms with van der Waals surface area (Å²) in [6, 6.07) is 0. The lowest BCUT2D eigenvalue weighted by Gasteiger charge is -2.35. The van der Waals surface area contributed by atoms with E-state index in [2.05, 4.69) is 27.7 Å². The van der Waals surface area contributed by atoms with Gasteiger partial charge >= 0.3 is 0 Å². The molecular formula is C21H46NO+. The van der Waals surface area contributed by atoms with Crippen molar-refractivity contribution in [3.05, 3.63) is 0 Å². The van der Waals surface area contributed by atoms with E-state index < -0.39 is 0 Å². The first-order valence-electron chi connectivity index (χ1n) is 10.7. The molecule has 0 aromatic carbocycles. The van der Waals surface area contributed by atoms with E-state index in [1.54, 1.807) is 0 Å². The Kier molecular flexibility index (Phi) is 16.7. The zero-order chi connectivity index (χ0) is 17.2. The molecule has 0 spiro atoms. The molecule has 0 aliphatic heterocycles. The van der Waals surface area contributed by atoms with Crippen LogP contribution in [0.4, 0.5) is 0 Å². The fraction of sp³-hybridized carbons (Fsp3) is 1.00. The molecule has 2 nitrogen and oxygen atoms in total. The Balaban J connectivity index is 3.25. The van der Waals surface area contributed by atoms with Gasteiger partial charge in [0.1, 0.15) is 0 Å². The van der Waals surface area contributed by atoms with Gasteiger partial charge in [-0.3, -0.25) is 0 Å². The third kappa shape index (κ3) is 12.9. The van der Waals surface area contributed by atoms with Gasteiger partial charge in [0.2, 0.25) is 0 Å². The molecule has 0 bridgehead atoms. The van der Waals surface area contributed by atoms with Gasteiger partial charge in [0, 0.05) is 0 Å². The molecule has 0 saturated carbocycles. The summed E-state index contributed by atoms with van der Waals surface area (Å²) in [4.78, 5) is 0. The number of unbranched alkanes of at least 4 members (excludes halogenated alkanes) is 11. The molecule has 0 atom stereocenters. The lowest BCUT2D eigenvalue weighted by atomic mass is 10.1. The lowest BCUT2D eigenvalue weighted by molar-refractivity contribution is -0.941. The summed E-state index contributed by atoms with van der Waals surface area (Å²) in [5.41, 5.74) is 0. The number of nitrogens with zero attached hydrogens (tertiary/aromatic N) is 1. The molecule has 0 saturated heterocycles. The monoisotopic (exact) mass is 328 g/mol. The average molecular weight is 329 g/mol. The van der Waals surface area contributed by atoms with E-state index in [0.29, 0.717) is 0 Å². The summed E-state index contributed by atoms with van der Waals surface area (Å²) in [6.07, 6.45) is 16.9. The summed E-state index contributed by atoms with van der Waals surface area (Å²) in [5.74, 6) is 0. The molecule has 0 aliphatic carbocycles. The summed E-state index contributed by atoms with van der Waals surface area (Å²) >= 11 is 0. The van der Waals surface area contributed by atoms with Crippen molar-refractivity contribution in [1.82, 2.24) is 0 Å². The number of hydrogen-bond donors (Lipinski definition) is 0. The first kappa shape index (κ1) is 22.9. The second kappa shape index (κ2) is 16.8. The number of ether oxygens (including phenoxy) is 1. The quantitative estimate of drug-likeness (QED) is 0.158. The van der Waals surface area contributed by atoms with Gasteiger partial charge in [0.05, 0.1) is 26.2 Å². The predicted molar refractivity (Wildman–Crippen MR) is 104 cm³/mol. The maximum Gasteiger partial charge on any atom is 0.183 e. The highest BCUT2D eigenvalue weighted by atomic mass is 16.5. The standard InChI is InChI=1S/C21H46NO/c1-5-9-10-11-12-13-14-15-16-17-18-19-20-23-21-22(6-2,7-3)8-4/h5-21H2,1-4H3/q+1. The molecule has 0 heterocycles. The lowest BCUT2D eigenvalue weighted by Crippen LogP contribution is -2.49. The van der Waals surface area contributed by atoms with Crippen molar-refractivity contribution < 1.29 is 9.22 Å². The molecule has 0 aromatic rings. The van der Waals surface area contributed by atoms with Crippen molar-refractivity contribution in [1.29, 1.82) is 0 Å². The predicted octanol–water partition coefficient (Wildman–Crippen LogP) is 6.54. The first-order valence-corrected chi connectivity index (χ1v) is 10.7. The van der Waals surface area contributed by atoms with E-state index in [9.17, 15) is 0 Å². The van der Waals surface area contributed by atoms with Crippen LogP contribution < -0.4 is 0 Å². The molecule has 0 aromatic heterocycles. The van der Waals surface area contributed by atoms with Crippen molar-refractivity contribution in [2.45, 2.75) is 105 Å². The summed E-state index contributed by atoms with van der Waals surface area (Å²) in [6.45, 7) is 14.5. The van der Waals surface area contributed by atoms with Gasteiger partial charge in [-0.1, -0.05) is 77.6 Å². The normalized spacial score (nSPS) is 12.0. The molecule has 0 N–H and O–H groups in total. The van der Waals surface area contributed by atoms with Gasteiger partial charge in [0.15, 0.2) is 6.73 Å². The van der Waals surface area contributed by atoms with E-state index in [-0.39, 0.29) is 0 Å². The number of rotatable bonds is 18. The Bertz CT molecular complexity index is 218. The number of quaternary nitrogens is 1. The molecule has 140 valence electrons. The van der Waals surface area contributed by atoms with Crippen LogP contribution in [-0.2, 0) is 4.74 Å². The summed E-state index contributed by atoms with van der Waals surface area (Å²) in [7, 11) is 0. The SMILES string of the molecule is CCCCCCCCCCCCCCOC[N+](CC)(CC)CC. The zero-order valence-corrected chi connectivity index (χ0v) is 16.9. The molecule has 0 rings (SSSR count). The van der Waals surface area contributed by atoms with Gasteiger partial charge in [-0.15, -0.1) is 0 Å². The van der Waals surface area contributed by atoms with Crippen LogP contribution in [0.15, 0.2) is 0 Å². The van der Waals surface area contributed by atoms with Crippen LogP contribution in [0.3, 0.4) is 0 Å². The van der Waals surface area contributed by atoms with Crippen LogP contribution in [0.1, 0.15) is 105 Å². The van der Waals surface area contributed by atoms with E-state index in [1.165, 1.54) is 96.7 Å². The molecule has 0 fully saturated rings.